The van der Waals surface area contributed by atoms with E-state index in [0.29, 0.717) is 17.5 Å². The fourth-order valence-corrected chi connectivity index (χ4v) is 3.55. The number of hydrogen-bond acceptors (Lipinski definition) is 2. The highest BCUT2D eigenvalue weighted by atomic mass is 35.5. The molecule has 2 fully saturated rings. The predicted molar refractivity (Wildman–Crippen MR) is 88.3 cm³/mol. The SMILES string of the molecule is Cl.O=C(c1ccc(Cl)c(F)c1)N1CCC(C2CCCN2)CC1. The van der Waals surface area contributed by atoms with E-state index in [-0.39, 0.29) is 23.3 Å². The van der Waals surface area contributed by atoms with Crippen LogP contribution in [0.5, 0.6) is 0 Å². The summed E-state index contributed by atoms with van der Waals surface area (Å²) in [6, 6.07) is 4.89. The van der Waals surface area contributed by atoms with Crippen molar-refractivity contribution in [3.63, 3.8) is 0 Å². The summed E-state index contributed by atoms with van der Waals surface area (Å²) in [5.41, 5.74) is 0.384. The first-order valence-electron chi connectivity index (χ1n) is 7.63. The van der Waals surface area contributed by atoms with Crippen molar-refractivity contribution in [1.82, 2.24) is 10.2 Å². The summed E-state index contributed by atoms with van der Waals surface area (Å²) in [5, 5.41) is 3.60. The zero-order valence-electron chi connectivity index (χ0n) is 12.4. The highest BCUT2D eigenvalue weighted by Crippen LogP contribution is 2.26. The molecular weight excluding hydrogens is 326 g/mol. The van der Waals surface area contributed by atoms with Gasteiger partial charge in [0.1, 0.15) is 5.82 Å². The minimum absolute atomic E-state index is 0. The summed E-state index contributed by atoms with van der Waals surface area (Å²) in [4.78, 5) is 14.2. The van der Waals surface area contributed by atoms with Crippen molar-refractivity contribution < 1.29 is 9.18 Å². The van der Waals surface area contributed by atoms with E-state index in [4.69, 9.17) is 11.6 Å². The van der Waals surface area contributed by atoms with E-state index in [0.717, 1.165) is 32.5 Å². The van der Waals surface area contributed by atoms with E-state index in [1.54, 1.807) is 6.07 Å². The number of nitrogens with one attached hydrogen (secondary N) is 1. The third-order valence-electron chi connectivity index (χ3n) is 4.66. The lowest BCUT2D eigenvalue weighted by molar-refractivity contribution is 0.0674. The third kappa shape index (κ3) is 3.73. The molecule has 0 spiro atoms. The average molecular weight is 347 g/mol. The van der Waals surface area contributed by atoms with Gasteiger partial charge in [0.25, 0.3) is 5.91 Å². The smallest absolute Gasteiger partial charge is 0.253 e. The minimum Gasteiger partial charge on any atom is -0.339 e. The molecule has 1 atom stereocenters. The zero-order chi connectivity index (χ0) is 14.8. The van der Waals surface area contributed by atoms with E-state index >= 15 is 0 Å². The van der Waals surface area contributed by atoms with Gasteiger partial charge < -0.3 is 10.2 Å². The Hall–Kier alpha value is -0.840. The van der Waals surface area contributed by atoms with E-state index < -0.39 is 5.82 Å². The first-order valence-corrected chi connectivity index (χ1v) is 8.00. The first kappa shape index (κ1) is 17.5. The number of carbonyl (C=O) groups excluding carboxylic acids is 1. The first-order chi connectivity index (χ1) is 10.1. The van der Waals surface area contributed by atoms with Gasteiger partial charge in [0.2, 0.25) is 0 Å². The Morgan fingerprint density at radius 2 is 2.00 bits per heavy atom. The van der Waals surface area contributed by atoms with Crippen molar-refractivity contribution in [3.8, 4) is 0 Å². The van der Waals surface area contributed by atoms with Gasteiger partial charge in [0.05, 0.1) is 5.02 Å². The van der Waals surface area contributed by atoms with E-state index in [9.17, 15) is 9.18 Å². The van der Waals surface area contributed by atoms with Gasteiger partial charge in [0.15, 0.2) is 0 Å². The molecule has 122 valence electrons. The van der Waals surface area contributed by atoms with Gasteiger partial charge in [-0.3, -0.25) is 4.79 Å². The lowest BCUT2D eigenvalue weighted by atomic mass is 9.88. The molecular formula is C16H21Cl2FN2O. The minimum atomic E-state index is -0.535. The Bertz CT molecular complexity index is 527. The average Bonchev–Trinajstić information content (AvgIpc) is 3.04. The van der Waals surface area contributed by atoms with Crippen molar-refractivity contribution in [1.29, 1.82) is 0 Å². The molecule has 0 aliphatic carbocycles. The van der Waals surface area contributed by atoms with Crippen LogP contribution >= 0.6 is 24.0 Å². The Balaban J connectivity index is 0.00000176. The van der Waals surface area contributed by atoms with E-state index in [2.05, 4.69) is 5.32 Å². The van der Waals surface area contributed by atoms with Crippen LogP contribution in [0, 0.1) is 11.7 Å². The van der Waals surface area contributed by atoms with Gasteiger partial charge in [0, 0.05) is 24.7 Å². The van der Waals surface area contributed by atoms with Crippen molar-refractivity contribution in [2.24, 2.45) is 5.92 Å². The highest BCUT2D eigenvalue weighted by molar-refractivity contribution is 6.30. The van der Waals surface area contributed by atoms with Crippen molar-refractivity contribution >= 4 is 29.9 Å². The highest BCUT2D eigenvalue weighted by Gasteiger charge is 2.30. The maximum atomic E-state index is 13.5. The molecule has 0 aromatic heterocycles. The Labute approximate surface area is 141 Å². The molecule has 1 unspecified atom stereocenters. The maximum Gasteiger partial charge on any atom is 0.253 e. The Morgan fingerprint density at radius 1 is 1.27 bits per heavy atom. The van der Waals surface area contributed by atoms with E-state index in [1.165, 1.54) is 25.0 Å². The molecule has 2 aliphatic rings. The van der Waals surface area contributed by atoms with Crippen LogP contribution in [0.25, 0.3) is 0 Å². The van der Waals surface area contributed by atoms with Gasteiger partial charge in [-0.25, -0.2) is 4.39 Å². The molecule has 22 heavy (non-hydrogen) atoms. The largest absolute Gasteiger partial charge is 0.339 e. The summed E-state index contributed by atoms with van der Waals surface area (Å²) in [7, 11) is 0. The van der Waals surface area contributed by atoms with Gasteiger partial charge in [-0.2, -0.15) is 0 Å². The molecule has 3 rings (SSSR count). The van der Waals surface area contributed by atoms with Crippen LogP contribution in [0.4, 0.5) is 4.39 Å². The van der Waals surface area contributed by atoms with Gasteiger partial charge in [-0.1, -0.05) is 11.6 Å². The Kier molecular flexibility index (Phi) is 6.07. The van der Waals surface area contributed by atoms with Crippen LogP contribution in [-0.2, 0) is 0 Å². The van der Waals surface area contributed by atoms with Crippen molar-refractivity contribution in [2.75, 3.05) is 19.6 Å². The number of rotatable bonds is 2. The molecule has 0 saturated carbocycles. The monoisotopic (exact) mass is 346 g/mol. The number of benzene rings is 1. The molecule has 3 nitrogen and oxygen atoms in total. The fraction of sp³-hybridized carbons (Fsp3) is 0.562. The van der Waals surface area contributed by atoms with Crippen LogP contribution in [0.3, 0.4) is 0 Å². The molecule has 1 amide bonds. The van der Waals surface area contributed by atoms with Crippen LogP contribution < -0.4 is 5.32 Å². The number of carbonyl (C=O) groups is 1. The molecule has 0 radical (unpaired) electrons. The summed E-state index contributed by atoms with van der Waals surface area (Å²) >= 11 is 5.66. The molecule has 2 heterocycles. The second kappa shape index (κ2) is 7.62. The Morgan fingerprint density at radius 3 is 2.59 bits per heavy atom. The lowest BCUT2D eigenvalue weighted by Crippen LogP contribution is -2.43. The molecule has 1 aromatic carbocycles. The fourth-order valence-electron chi connectivity index (χ4n) is 3.43. The normalized spacial score (nSPS) is 22.5. The van der Waals surface area contributed by atoms with Crippen LogP contribution in [0.1, 0.15) is 36.0 Å². The second-order valence-corrected chi connectivity index (χ2v) is 6.37. The van der Waals surface area contributed by atoms with Gasteiger partial charge in [-0.05, 0) is 56.3 Å². The summed E-state index contributed by atoms with van der Waals surface area (Å²) in [6.45, 7) is 2.63. The predicted octanol–water partition coefficient (Wildman–Crippen LogP) is 3.51. The number of amides is 1. The van der Waals surface area contributed by atoms with E-state index in [1.807, 2.05) is 4.90 Å². The molecule has 0 bridgehead atoms. The maximum absolute atomic E-state index is 13.5. The van der Waals surface area contributed by atoms with Crippen LogP contribution in [0.15, 0.2) is 18.2 Å². The zero-order valence-corrected chi connectivity index (χ0v) is 13.9. The summed E-state index contributed by atoms with van der Waals surface area (Å²) in [6.07, 6.45) is 4.56. The van der Waals surface area contributed by atoms with Crippen LogP contribution in [-0.4, -0.2) is 36.5 Å². The lowest BCUT2D eigenvalue weighted by Gasteiger charge is -2.35. The summed E-state index contributed by atoms with van der Waals surface area (Å²) < 4.78 is 13.5. The molecule has 6 heteroatoms. The van der Waals surface area contributed by atoms with Crippen molar-refractivity contribution in [2.45, 2.75) is 31.7 Å². The molecule has 1 aromatic rings. The summed E-state index contributed by atoms with van der Waals surface area (Å²) in [5.74, 6) is 0.0365. The van der Waals surface area contributed by atoms with Gasteiger partial charge in [-0.15, -0.1) is 12.4 Å². The number of likely N-dealkylation sites (tertiary alicyclic amines) is 1. The number of halogens is 3. The standard InChI is InChI=1S/C16H20ClFN2O.ClH/c17-13-4-3-12(10-14(13)18)16(21)20-8-5-11(6-9-20)15-2-1-7-19-15;/h3-4,10-11,15,19H,1-2,5-9H2;1H. The third-order valence-corrected chi connectivity index (χ3v) is 4.97. The quantitative estimate of drug-likeness (QED) is 0.888. The molecule has 2 aliphatic heterocycles. The number of nitrogens with zero attached hydrogens (tertiary/aromatic N) is 1. The molecule has 1 N–H and O–H groups in total. The second-order valence-electron chi connectivity index (χ2n) is 5.96. The van der Waals surface area contributed by atoms with Gasteiger partial charge >= 0.3 is 0 Å². The number of hydrogen-bond donors (Lipinski definition) is 1. The van der Waals surface area contributed by atoms with Crippen molar-refractivity contribution in [3.05, 3.63) is 34.6 Å². The topological polar surface area (TPSA) is 32.3 Å². The molecule has 2 saturated heterocycles. The number of piperidine rings is 1. The van der Waals surface area contributed by atoms with Crippen LogP contribution in [0.2, 0.25) is 5.02 Å².